The molecule has 1 aromatic rings. The van der Waals surface area contributed by atoms with Crippen molar-refractivity contribution in [1.82, 2.24) is 4.90 Å². The number of carbonyl (C=O) groups excluding carboxylic acids is 1. The molecule has 1 aromatic carbocycles. The summed E-state index contributed by atoms with van der Waals surface area (Å²) in [6, 6.07) is 6.51. The predicted octanol–water partition coefficient (Wildman–Crippen LogP) is 4.61. The largest absolute Gasteiger partial charge is 0.350 e. The molecule has 8 heteroatoms. The van der Waals surface area contributed by atoms with E-state index in [9.17, 15) is 4.79 Å². The number of halogens is 1. The summed E-state index contributed by atoms with van der Waals surface area (Å²) < 4.78 is 1.03. The molecule has 0 saturated heterocycles. The van der Waals surface area contributed by atoms with E-state index in [1.807, 2.05) is 25.1 Å². The number of fused-ring (bicyclic) bond motifs is 3. The topological polar surface area (TPSA) is 60.6 Å². The van der Waals surface area contributed by atoms with Gasteiger partial charge >= 0.3 is 0 Å². The Kier molecular flexibility index (Phi) is 5.55. The summed E-state index contributed by atoms with van der Waals surface area (Å²) in [6.07, 6.45) is 5.90. The molecular weight excluding hydrogens is 426 g/mol. The number of amidine groups is 1. The van der Waals surface area contributed by atoms with Gasteiger partial charge in [-0.25, -0.2) is 4.99 Å². The Morgan fingerprint density at radius 1 is 1.33 bits per heavy atom. The number of benzene rings is 1. The van der Waals surface area contributed by atoms with E-state index in [2.05, 4.69) is 43.2 Å². The Hall–Kier alpha value is -1.41. The number of hydrogen-bond acceptors (Lipinski definition) is 6. The van der Waals surface area contributed by atoms with Gasteiger partial charge in [-0.1, -0.05) is 47.0 Å². The van der Waals surface area contributed by atoms with Gasteiger partial charge in [0.1, 0.15) is 6.04 Å². The number of likely N-dealkylation sites (N-methyl/N-ethyl adjacent to an activating group) is 1. The highest BCUT2D eigenvalue weighted by Crippen LogP contribution is 2.44. The van der Waals surface area contributed by atoms with E-state index in [1.165, 1.54) is 31.0 Å². The summed E-state index contributed by atoms with van der Waals surface area (Å²) in [7, 11) is 3.96. The minimum absolute atomic E-state index is 0.0764. The Bertz CT molecular complexity index is 792. The zero-order valence-electron chi connectivity index (χ0n) is 15.6. The van der Waals surface area contributed by atoms with Crippen LogP contribution in [-0.2, 0) is 4.79 Å². The number of carbonyl (C=O) groups is 1. The van der Waals surface area contributed by atoms with Crippen LogP contribution < -0.4 is 4.90 Å². The van der Waals surface area contributed by atoms with Crippen molar-refractivity contribution in [3.63, 3.8) is 0 Å². The van der Waals surface area contributed by atoms with Crippen molar-refractivity contribution < 1.29 is 4.79 Å². The third-order valence-electron chi connectivity index (χ3n) is 5.72. The van der Waals surface area contributed by atoms with Crippen molar-refractivity contribution >= 4 is 44.5 Å². The van der Waals surface area contributed by atoms with Crippen LogP contribution in [0.25, 0.3) is 0 Å². The highest BCUT2D eigenvalue weighted by Gasteiger charge is 2.39. The second-order valence-electron chi connectivity index (χ2n) is 7.38. The lowest BCUT2D eigenvalue weighted by molar-refractivity contribution is -0.129. The van der Waals surface area contributed by atoms with Gasteiger partial charge in [0, 0.05) is 35.9 Å². The predicted molar refractivity (Wildman–Crippen MR) is 113 cm³/mol. The molecule has 27 heavy (non-hydrogen) atoms. The quantitative estimate of drug-likeness (QED) is 0.676. The molecule has 1 amide bonds. The van der Waals surface area contributed by atoms with Crippen LogP contribution in [0.1, 0.15) is 43.7 Å². The summed E-state index contributed by atoms with van der Waals surface area (Å²) in [4.78, 5) is 21.4. The maximum absolute atomic E-state index is 12.6. The van der Waals surface area contributed by atoms with Gasteiger partial charge in [0.15, 0.2) is 6.17 Å². The number of thioether (sulfide) groups is 1. The lowest BCUT2D eigenvalue weighted by Crippen LogP contribution is -2.39. The third kappa shape index (κ3) is 3.78. The summed E-state index contributed by atoms with van der Waals surface area (Å²) >= 11 is 4.92. The van der Waals surface area contributed by atoms with Gasteiger partial charge in [-0.15, -0.1) is 5.11 Å². The van der Waals surface area contributed by atoms with E-state index in [1.54, 1.807) is 0 Å². The summed E-state index contributed by atoms with van der Waals surface area (Å²) in [5.74, 6) is 0.517. The fraction of sp³-hybridized carbons (Fsp3) is 0.579. The Labute approximate surface area is 172 Å². The normalized spacial score (nSPS) is 24.4. The minimum Gasteiger partial charge on any atom is -0.350 e. The van der Waals surface area contributed by atoms with Gasteiger partial charge in [-0.2, -0.15) is 5.11 Å². The molecule has 0 spiro atoms. The van der Waals surface area contributed by atoms with Crippen LogP contribution in [0, 0.1) is 0 Å². The van der Waals surface area contributed by atoms with Crippen molar-refractivity contribution in [3.05, 3.63) is 28.2 Å². The van der Waals surface area contributed by atoms with Crippen LogP contribution in [0.15, 0.2) is 37.9 Å². The number of azo groups is 1. The SMILES string of the molecule is CN(C(=O)CSC1=N[C@@H]2[C@H](N=N1)c1cc(Br)ccc1N2C)C1CCCCC1. The fourth-order valence-corrected chi connectivity index (χ4v) is 5.22. The van der Waals surface area contributed by atoms with E-state index in [-0.39, 0.29) is 18.1 Å². The number of amides is 1. The molecular formula is C19H24BrN5OS. The number of aliphatic imine (C=N–C) groups is 1. The second kappa shape index (κ2) is 7.91. The maximum atomic E-state index is 12.6. The molecule has 1 fully saturated rings. The first-order valence-corrected chi connectivity index (χ1v) is 11.2. The monoisotopic (exact) mass is 449 g/mol. The number of hydrogen-bond donors (Lipinski definition) is 0. The molecule has 2 heterocycles. The lowest BCUT2D eigenvalue weighted by atomic mass is 9.94. The molecule has 1 saturated carbocycles. The summed E-state index contributed by atoms with van der Waals surface area (Å²) in [6.45, 7) is 0. The first kappa shape index (κ1) is 18.9. The van der Waals surface area contributed by atoms with E-state index in [0.29, 0.717) is 17.0 Å². The van der Waals surface area contributed by atoms with Crippen LogP contribution >= 0.6 is 27.7 Å². The molecule has 6 nitrogen and oxygen atoms in total. The highest BCUT2D eigenvalue weighted by atomic mass is 79.9. The smallest absolute Gasteiger partial charge is 0.233 e. The van der Waals surface area contributed by atoms with E-state index < -0.39 is 0 Å². The molecule has 0 unspecified atom stereocenters. The minimum atomic E-state index is -0.0829. The lowest BCUT2D eigenvalue weighted by Gasteiger charge is -2.31. The van der Waals surface area contributed by atoms with Gasteiger partial charge in [-0.3, -0.25) is 4.79 Å². The Balaban J connectivity index is 1.39. The van der Waals surface area contributed by atoms with Crippen molar-refractivity contribution in [2.45, 2.75) is 50.4 Å². The van der Waals surface area contributed by atoms with Crippen LogP contribution in [0.3, 0.4) is 0 Å². The molecule has 0 bridgehead atoms. The molecule has 3 aliphatic rings. The molecule has 144 valence electrons. The molecule has 0 radical (unpaired) electrons. The maximum Gasteiger partial charge on any atom is 0.233 e. The number of nitrogens with zero attached hydrogens (tertiary/aromatic N) is 5. The van der Waals surface area contributed by atoms with Crippen LogP contribution in [0.2, 0.25) is 0 Å². The van der Waals surface area contributed by atoms with Gasteiger partial charge < -0.3 is 9.80 Å². The summed E-state index contributed by atoms with van der Waals surface area (Å²) in [5, 5.41) is 9.41. The molecule has 4 rings (SSSR count). The Morgan fingerprint density at radius 2 is 2.11 bits per heavy atom. The Morgan fingerprint density at radius 3 is 2.89 bits per heavy atom. The van der Waals surface area contributed by atoms with Gasteiger partial charge in [-0.05, 0) is 31.0 Å². The fourth-order valence-electron chi connectivity index (χ4n) is 4.09. The van der Waals surface area contributed by atoms with Crippen molar-refractivity contribution in [2.24, 2.45) is 15.2 Å². The third-order valence-corrected chi connectivity index (χ3v) is 7.05. The van der Waals surface area contributed by atoms with Crippen molar-refractivity contribution in [3.8, 4) is 0 Å². The average Bonchev–Trinajstić information content (AvgIpc) is 2.97. The van der Waals surface area contributed by atoms with E-state index in [4.69, 9.17) is 4.99 Å². The molecule has 2 aliphatic heterocycles. The van der Waals surface area contributed by atoms with E-state index in [0.717, 1.165) is 28.6 Å². The average molecular weight is 450 g/mol. The molecule has 2 atom stereocenters. The zero-order valence-corrected chi connectivity index (χ0v) is 18.0. The van der Waals surface area contributed by atoms with E-state index >= 15 is 0 Å². The standard InChI is InChI=1S/C19H24BrN5OS/c1-24(13-6-4-3-5-7-13)16(26)11-27-19-21-18-17(22-23-19)14-10-12(20)8-9-15(14)25(18)2/h8-10,13,17-18H,3-7,11H2,1-2H3/t17-,18+/m1/s1. The van der Waals surface area contributed by atoms with Crippen LogP contribution in [0.4, 0.5) is 5.69 Å². The van der Waals surface area contributed by atoms with Gasteiger partial charge in [0.25, 0.3) is 0 Å². The van der Waals surface area contributed by atoms with Crippen LogP contribution in [0.5, 0.6) is 0 Å². The molecule has 1 aliphatic carbocycles. The van der Waals surface area contributed by atoms with Crippen molar-refractivity contribution in [1.29, 1.82) is 0 Å². The summed E-state index contributed by atoms with van der Waals surface area (Å²) in [5.41, 5.74) is 2.27. The molecule has 0 N–H and O–H groups in total. The van der Waals surface area contributed by atoms with Crippen LogP contribution in [-0.4, -0.2) is 48.0 Å². The second-order valence-corrected chi connectivity index (χ2v) is 9.24. The van der Waals surface area contributed by atoms with Crippen molar-refractivity contribution in [2.75, 3.05) is 24.7 Å². The highest BCUT2D eigenvalue weighted by molar-refractivity contribution is 9.10. The first-order valence-electron chi connectivity index (χ1n) is 9.44. The number of anilines is 1. The zero-order chi connectivity index (χ0) is 19.0. The van der Waals surface area contributed by atoms with Gasteiger partial charge in [0.2, 0.25) is 11.1 Å². The first-order chi connectivity index (χ1) is 13.0. The molecule has 0 aromatic heterocycles. The number of rotatable bonds is 3. The van der Waals surface area contributed by atoms with Gasteiger partial charge in [0.05, 0.1) is 5.75 Å².